The van der Waals surface area contributed by atoms with Gasteiger partial charge in [0.05, 0.1) is 12.0 Å². The maximum Gasteiger partial charge on any atom is 0.253 e. The van der Waals surface area contributed by atoms with Gasteiger partial charge in [0, 0.05) is 57.6 Å². The Kier molecular flexibility index (Phi) is 4.68. The molecule has 2 aliphatic rings. The number of methoxy groups -OCH3 is 1. The fourth-order valence-electron chi connectivity index (χ4n) is 4.57. The van der Waals surface area contributed by atoms with Crippen LogP contribution in [0.25, 0.3) is 10.9 Å². The first-order valence-corrected chi connectivity index (χ1v) is 9.67. The Labute approximate surface area is 159 Å². The summed E-state index contributed by atoms with van der Waals surface area (Å²) >= 11 is 0. The molecule has 144 valence electrons. The van der Waals surface area contributed by atoms with Crippen molar-refractivity contribution in [2.75, 3.05) is 39.9 Å². The van der Waals surface area contributed by atoms with E-state index >= 15 is 0 Å². The van der Waals surface area contributed by atoms with Gasteiger partial charge in [0.15, 0.2) is 0 Å². The SMILES string of the molecule is COCCN1CCC[C@]2(CCN(C(=O)c3ccc4ccn(C)c4c3)C2)C1=O. The van der Waals surface area contributed by atoms with E-state index in [0.29, 0.717) is 31.8 Å². The summed E-state index contributed by atoms with van der Waals surface area (Å²) in [5.74, 6) is 0.218. The number of nitrogens with zero attached hydrogens (tertiary/aromatic N) is 3. The summed E-state index contributed by atoms with van der Waals surface area (Å²) in [6.07, 6.45) is 4.62. The third-order valence-corrected chi connectivity index (χ3v) is 6.17. The van der Waals surface area contributed by atoms with Crippen LogP contribution in [0, 0.1) is 5.41 Å². The average molecular weight is 369 g/mol. The van der Waals surface area contributed by atoms with Crippen molar-refractivity contribution in [3.63, 3.8) is 0 Å². The highest BCUT2D eigenvalue weighted by molar-refractivity contribution is 5.99. The molecule has 0 aliphatic carbocycles. The van der Waals surface area contributed by atoms with Crippen LogP contribution in [-0.4, -0.2) is 66.1 Å². The molecule has 0 radical (unpaired) electrons. The molecule has 1 spiro atoms. The Hall–Kier alpha value is -2.34. The predicted octanol–water partition coefficient (Wildman–Crippen LogP) is 2.28. The smallest absolute Gasteiger partial charge is 0.253 e. The third-order valence-electron chi connectivity index (χ3n) is 6.17. The van der Waals surface area contributed by atoms with E-state index in [-0.39, 0.29) is 11.8 Å². The van der Waals surface area contributed by atoms with Gasteiger partial charge in [0.2, 0.25) is 5.91 Å². The summed E-state index contributed by atoms with van der Waals surface area (Å²) in [4.78, 5) is 29.9. The number of benzene rings is 1. The van der Waals surface area contributed by atoms with Crippen LogP contribution in [0.2, 0.25) is 0 Å². The van der Waals surface area contributed by atoms with Gasteiger partial charge < -0.3 is 19.1 Å². The normalized spacial score (nSPS) is 23.0. The number of aryl methyl sites for hydroxylation is 1. The van der Waals surface area contributed by atoms with E-state index in [1.165, 1.54) is 0 Å². The minimum atomic E-state index is -0.406. The Bertz CT molecular complexity index is 875. The van der Waals surface area contributed by atoms with Crippen molar-refractivity contribution in [1.29, 1.82) is 0 Å². The number of likely N-dealkylation sites (tertiary alicyclic amines) is 2. The quantitative estimate of drug-likeness (QED) is 0.831. The van der Waals surface area contributed by atoms with Crippen LogP contribution in [0.5, 0.6) is 0 Å². The summed E-state index contributed by atoms with van der Waals surface area (Å²) in [5.41, 5.74) is 1.34. The summed E-state index contributed by atoms with van der Waals surface area (Å²) in [7, 11) is 3.64. The monoisotopic (exact) mass is 369 g/mol. The maximum absolute atomic E-state index is 13.1. The number of piperidine rings is 1. The second-order valence-corrected chi connectivity index (χ2v) is 7.85. The van der Waals surface area contributed by atoms with Crippen molar-refractivity contribution in [2.24, 2.45) is 12.5 Å². The molecule has 2 amide bonds. The highest BCUT2D eigenvalue weighted by atomic mass is 16.5. The lowest BCUT2D eigenvalue weighted by molar-refractivity contribution is -0.146. The number of hydrogen-bond donors (Lipinski definition) is 0. The molecule has 0 saturated carbocycles. The zero-order valence-corrected chi connectivity index (χ0v) is 16.1. The van der Waals surface area contributed by atoms with E-state index in [4.69, 9.17) is 4.74 Å². The van der Waals surface area contributed by atoms with Gasteiger partial charge in [0.1, 0.15) is 0 Å². The fourth-order valence-corrected chi connectivity index (χ4v) is 4.57. The van der Waals surface area contributed by atoms with Gasteiger partial charge in [-0.3, -0.25) is 9.59 Å². The van der Waals surface area contributed by atoms with Gasteiger partial charge in [0.25, 0.3) is 5.91 Å². The van der Waals surface area contributed by atoms with Crippen LogP contribution < -0.4 is 0 Å². The van der Waals surface area contributed by atoms with Crippen molar-refractivity contribution in [3.05, 3.63) is 36.0 Å². The molecule has 1 atom stereocenters. The van der Waals surface area contributed by atoms with E-state index < -0.39 is 5.41 Å². The number of ether oxygens (including phenoxy) is 1. The van der Waals surface area contributed by atoms with Crippen LogP contribution in [0.3, 0.4) is 0 Å². The number of fused-ring (bicyclic) bond motifs is 1. The number of aromatic nitrogens is 1. The lowest BCUT2D eigenvalue weighted by Gasteiger charge is -2.39. The molecule has 2 saturated heterocycles. The molecule has 3 heterocycles. The molecule has 2 aliphatic heterocycles. The molecule has 2 fully saturated rings. The third kappa shape index (κ3) is 3.12. The molecule has 2 aromatic rings. The number of carbonyl (C=O) groups excluding carboxylic acids is 2. The second kappa shape index (κ2) is 7.00. The summed E-state index contributed by atoms with van der Waals surface area (Å²) in [6.45, 7) is 3.16. The number of hydrogen-bond acceptors (Lipinski definition) is 3. The van der Waals surface area contributed by atoms with Crippen LogP contribution in [0.1, 0.15) is 29.6 Å². The minimum absolute atomic E-state index is 0.0248. The van der Waals surface area contributed by atoms with E-state index in [1.807, 2.05) is 51.9 Å². The Balaban J connectivity index is 1.51. The van der Waals surface area contributed by atoms with Crippen LogP contribution in [0.15, 0.2) is 30.5 Å². The van der Waals surface area contributed by atoms with Gasteiger partial charge in [-0.15, -0.1) is 0 Å². The Morgan fingerprint density at radius 3 is 2.89 bits per heavy atom. The van der Waals surface area contributed by atoms with E-state index in [2.05, 4.69) is 0 Å². The molecule has 0 bridgehead atoms. The molecule has 27 heavy (non-hydrogen) atoms. The molecule has 4 rings (SSSR count). The standard InChI is InChI=1S/C21H27N3O3/c1-22-10-6-16-4-5-17(14-18(16)22)19(25)24-11-8-21(15-24)7-3-9-23(20(21)26)12-13-27-2/h4-6,10,14H,3,7-9,11-13,15H2,1-2H3/t21-/m1/s1. The zero-order chi connectivity index (χ0) is 19.0. The fraction of sp³-hybridized carbons (Fsp3) is 0.524. The van der Waals surface area contributed by atoms with Crippen molar-refractivity contribution < 1.29 is 14.3 Å². The van der Waals surface area contributed by atoms with Gasteiger partial charge in [-0.2, -0.15) is 0 Å². The summed E-state index contributed by atoms with van der Waals surface area (Å²) in [5, 5.41) is 1.13. The molecular formula is C21H27N3O3. The first-order chi connectivity index (χ1) is 13.0. The van der Waals surface area contributed by atoms with E-state index in [1.54, 1.807) is 7.11 Å². The topological polar surface area (TPSA) is 54.8 Å². The van der Waals surface area contributed by atoms with Crippen molar-refractivity contribution >= 4 is 22.7 Å². The number of rotatable bonds is 4. The van der Waals surface area contributed by atoms with Gasteiger partial charge in [-0.1, -0.05) is 6.07 Å². The first-order valence-electron chi connectivity index (χ1n) is 9.67. The second-order valence-electron chi connectivity index (χ2n) is 7.85. The predicted molar refractivity (Wildman–Crippen MR) is 104 cm³/mol. The van der Waals surface area contributed by atoms with E-state index in [9.17, 15) is 9.59 Å². The lowest BCUT2D eigenvalue weighted by Crippen LogP contribution is -2.51. The zero-order valence-electron chi connectivity index (χ0n) is 16.1. The Morgan fingerprint density at radius 1 is 1.22 bits per heavy atom. The van der Waals surface area contributed by atoms with Crippen molar-refractivity contribution in [3.8, 4) is 0 Å². The van der Waals surface area contributed by atoms with E-state index in [0.717, 1.165) is 36.7 Å². The molecule has 0 unspecified atom stereocenters. The number of amides is 2. The molecule has 1 aromatic carbocycles. The molecule has 1 aromatic heterocycles. The van der Waals surface area contributed by atoms with Crippen molar-refractivity contribution in [2.45, 2.75) is 19.3 Å². The first kappa shape index (κ1) is 18.0. The molecular weight excluding hydrogens is 342 g/mol. The lowest BCUT2D eigenvalue weighted by atomic mass is 9.78. The molecule has 0 N–H and O–H groups in total. The minimum Gasteiger partial charge on any atom is -0.383 e. The molecule has 6 heteroatoms. The largest absolute Gasteiger partial charge is 0.383 e. The average Bonchev–Trinajstić information content (AvgIpc) is 3.27. The highest BCUT2D eigenvalue weighted by Gasteiger charge is 2.49. The van der Waals surface area contributed by atoms with Gasteiger partial charge in [-0.25, -0.2) is 0 Å². The Morgan fingerprint density at radius 2 is 2.07 bits per heavy atom. The molecule has 6 nitrogen and oxygen atoms in total. The van der Waals surface area contributed by atoms with Crippen LogP contribution in [0.4, 0.5) is 0 Å². The van der Waals surface area contributed by atoms with Crippen LogP contribution in [-0.2, 0) is 16.6 Å². The van der Waals surface area contributed by atoms with Gasteiger partial charge >= 0.3 is 0 Å². The van der Waals surface area contributed by atoms with Crippen molar-refractivity contribution in [1.82, 2.24) is 14.4 Å². The summed E-state index contributed by atoms with van der Waals surface area (Å²) in [6, 6.07) is 7.88. The maximum atomic E-state index is 13.1. The highest BCUT2D eigenvalue weighted by Crippen LogP contribution is 2.40. The van der Waals surface area contributed by atoms with Crippen LogP contribution >= 0.6 is 0 Å². The number of carbonyl (C=O) groups is 2. The summed E-state index contributed by atoms with van der Waals surface area (Å²) < 4.78 is 7.16. The van der Waals surface area contributed by atoms with Gasteiger partial charge in [-0.05, 0) is 42.8 Å².